The number of nitrogens with zero attached hydrogens (tertiary/aromatic N) is 1. The van der Waals surface area contributed by atoms with E-state index >= 15 is 0 Å². The Kier molecular flexibility index (Phi) is 3.01. The quantitative estimate of drug-likeness (QED) is 0.750. The number of rotatable bonds is 1. The molecule has 0 aromatic heterocycles. The van der Waals surface area contributed by atoms with E-state index in [0.29, 0.717) is 12.6 Å². The van der Waals surface area contributed by atoms with Crippen LogP contribution in [0, 0.1) is 0 Å². The predicted molar refractivity (Wildman–Crippen MR) is 70.0 cm³/mol. The van der Waals surface area contributed by atoms with Gasteiger partial charge < -0.3 is 0 Å². The first-order valence-corrected chi connectivity index (χ1v) is 6.62. The molecule has 1 aromatic rings. The van der Waals surface area contributed by atoms with Crippen LogP contribution in [0.4, 0.5) is 0 Å². The molecule has 0 aliphatic carbocycles. The number of hydrogen-bond donors (Lipinski definition) is 2. The van der Waals surface area contributed by atoms with Gasteiger partial charge in [0.15, 0.2) is 0 Å². The SMILES string of the molecule is CC1c2ccccc2CN1C1CNNC(=O)C1Cl. The third-order valence-corrected chi connectivity index (χ3v) is 4.38. The van der Waals surface area contributed by atoms with E-state index < -0.39 is 5.38 Å². The van der Waals surface area contributed by atoms with E-state index in [2.05, 4.69) is 46.9 Å². The molecule has 2 N–H and O–H groups in total. The van der Waals surface area contributed by atoms with Crippen molar-refractivity contribution in [2.45, 2.75) is 30.9 Å². The Morgan fingerprint density at radius 3 is 2.94 bits per heavy atom. The molecule has 2 heterocycles. The number of halogens is 1. The highest BCUT2D eigenvalue weighted by Crippen LogP contribution is 2.36. The molecule has 1 amide bonds. The van der Waals surface area contributed by atoms with Gasteiger partial charge in [0.2, 0.25) is 0 Å². The first kappa shape index (κ1) is 12.0. The molecule has 3 atom stereocenters. The lowest BCUT2D eigenvalue weighted by atomic mass is 10.1. The molecule has 1 aromatic carbocycles. The summed E-state index contributed by atoms with van der Waals surface area (Å²) in [7, 11) is 0. The summed E-state index contributed by atoms with van der Waals surface area (Å²) in [4.78, 5) is 13.9. The molecular formula is C13H16ClN3O. The van der Waals surface area contributed by atoms with E-state index in [-0.39, 0.29) is 11.9 Å². The van der Waals surface area contributed by atoms with Crippen LogP contribution >= 0.6 is 11.6 Å². The largest absolute Gasteiger partial charge is 0.290 e. The van der Waals surface area contributed by atoms with Crippen molar-refractivity contribution in [2.75, 3.05) is 6.54 Å². The average Bonchev–Trinajstić information content (AvgIpc) is 2.71. The summed E-state index contributed by atoms with van der Waals surface area (Å²) in [6.07, 6.45) is 0. The van der Waals surface area contributed by atoms with Crippen LogP contribution in [0.3, 0.4) is 0 Å². The van der Waals surface area contributed by atoms with Gasteiger partial charge in [0.1, 0.15) is 5.38 Å². The molecule has 0 radical (unpaired) electrons. The topological polar surface area (TPSA) is 44.4 Å². The fourth-order valence-electron chi connectivity index (χ4n) is 2.88. The van der Waals surface area contributed by atoms with Crippen molar-refractivity contribution in [1.29, 1.82) is 0 Å². The molecule has 5 heteroatoms. The van der Waals surface area contributed by atoms with Crippen molar-refractivity contribution in [1.82, 2.24) is 15.8 Å². The number of amides is 1. The van der Waals surface area contributed by atoms with Crippen molar-refractivity contribution in [3.05, 3.63) is 35.4 Å². The van der Waals surface area contributed by atoms with Crippen LogP contribution in [-0.2, 0) is 11.3 Å². The van der Waals surface area contributed by atoms with Gasteiger partial charge in [0.25, 0.3) is 5.91 Å². The van der Waals surface area contributed by atoms with Crippen LogP contribution in [0.25, 0.3) is 0 Å². The maximum Gasteiger partial charge on any atom is 0.253 e. The minimum absolute atomic E-state index is 0.0304. The Morgan fingerprint density at radius 1 is 1.39 bits per heavy atom. The van der Waals surface area contributed by atoms with Crippen LogP contribution < -0.4 is 10.9 Å². The summed E-state index contributed by atoms with van der Waals surface area (Å²) in [6, 6.07) is 8.75. The number of nitrogens with one attached hydrogen (secondary N) is 2. The highest BCUT2D eigenvalue weighted by atomic mass is 35.5. The lowest BCUT2D eigenvalue weighted by Crippen LogP contribution is -2.61. The normalized spacial score (nSPS) is 32.1. The zero-order chi connectivity index (χ0) is 12.7. The molecule has 1 fully saturated rings. The Balaban J connectivity index is 1.85. The molecule has 96 valence electrons. The predicted octanol–water partition coefficient (Wildman–Crippen LogP) is 1.17. The molecule has 0 bridgehead atoms. The number of carbonyl (C=O) groups is 1. The van der Waals surface area contributed by atoms with Crippen molar-refractivity contribution in [2.24, 2.45) is 0 Å². The van der Waals surface area contributed by atoms with Gasteiger partial charge in [0, 0.05) is 19.1 Å². The second kappa shape index (κ2) is 4.53. The first-order chi connectivity index (χ1) is 8.68. The molecule has 3 unspecified atom stereocenters. The molecule has 4 nitrogen and oxygen atoms in total. The van der Waals surface area contributed by atoms with Gasteiger partial charge in [-0.25, -0.2) is 5.43 Å². The van der Waals surface area contributed by atoms with Crippen molar-refractivity contribution in [3.8, 4) is 0 Å². The summed E-state index contributed by atoms with van der Waals surface area (Å²) in [5.41, 5.74) is 8.16. The van der Waals surface area contributed by atoms with Gasteiger partial charge >= 0.3 is 0 Å². The zero-order valence-corrected chi connectivity index (χ0v) is 10.9. The van der Waals surface area contributed by atoms with Crippen LogP contribution in [-0.4, -0.2) is 28.8 Å². The van der Waals surface area contributed by atoms with Crippen LogP contribution in [0.2, 0.25) is 0 Å². The Morgan fingerprint density at radius 2 is 2.17 bits per heavy atom. The lowest BCUT2D eigenvalue weighted by molar-refractivity contribution is -0.125. The zero-order valence-electron chi connectivity index (χ0n) is 10.2. The second-order valence-corrected chi connectivity index (χ2v) is 5.36. The fourth-order valence-corrected chi connectivity index (χ4v) is 3.17. The third-order valence-electron chi connectivity index (χ3n) is 3.89. The maximum absolute atomic E-state index is 11.6. The summed E-state index contributed by atoms with van der Waals surface area (Å²) < 4.78 is 0. The summed E-state index contributed by atoms with van der Waals surface area (Å²) in [5, 5.41) is -0.497. The maximum atomic E-state index is 11.6. The Hall–Kier alpha value is -1.10. The average molecular weight is 266 g/mol. The second-order valence-electron chi connectivity index (χ2n) is 4.89. The highest BCUT2D eigenvalue weighted by Gasteiger charge is 2.39. The standard InChI is InChI=1S/C13H16ClN3O/c1-8-10-5-3-2-4-9(10)7-17(8)11-6-15-16-13(18)12(11)14/h2-5,8,11-12,15H,6-7H2,1H3,(H,16,18). The summed E-state index contributed by atoms with van der Waals surface area (Å²) in [5.74, 6) is -0.143. The van der Waals surface area contributed by atoms with Gasteiger partial charge in [-0.15, -0.1) is 11.6 Å². The van der Waals surface area contributed by atoms with E-state index in [1.54, 1.807) is 0 Å². The molecule has 2 aliphatic rings. The molecule has 0 saturated carbocycles. The molecular weight excluding hydrogens is 250 g/mol. The smallest absolute Gasteiger partial charge is 0.253 e. The summed E-state index contributed by atoms with van der Waals surface area (Å²) >= 11 is 6.23. The van der Waals surface area contributed by atoms with Gasteiger partial charge in [0.05, 0.1) is 6.04 Å². The van der Waals surface area contributed by atoms with Crippen molar-refractivity contribution >= 4 is 17.5 Å². The highest BCUT2D eigenvalue weighted by molar-refractivity contribution is 6.31. The van der Waals surface area contributed by atoms with Crippen LogP contribution in [0.15, 0.2) is 24.3 Å². The van der Waals surface area contributed by atoms with Crippen molar-refractivity contribution in [3.63, 3.8) is 0 Å². The van der Waals surface area contributed by atoms with Gasteiger partial charge in [-0.1, -0.05) is 24.3 Å². The van der Waals surface area contributed by atoms with E-state index in [4.69, 9.17) is 11.6 Å². The lowest BCUT2D eigenvalue weighted by Gasteiger charge is -2.37. The molecule has 0 spiro atoms. The number of benzene rings is 1. The Labute approximate surface area is 111 Å². The third kappa shape index (κ3) is 1.81. The number of hydrogen-bond acceptors (Lipinski definition) is 3. The number of fused-ring (bicyclic) bond motifs is 1. The van der Waals surface area contributed by atoms with E-state index in [0.717, 1.165) is 6.54 Å². The first-order valence-electron chi connectivity index (χ1n) is 6.19. The van der Waals surface area contributed by atoms with E-state index in [1.807, 2.05) is 0 Å². The minimum Gasteiger partial charge on any atom is -0.290 e. The Bertz CT molecular complexity index is 479. The molecule has 3 rings (SSSR count). The van der Waals surface area contributed by atoms with Crippen LogP contribution in [0.5, 0.6) is 0 Å². The van der Waals surface area contributed by atoms with Gasteiger partial charge in [-0.3, -0.25) is 15.1 Å². The van der Waals surface area contributed by atoms with Gasteiger partial charge in [-0.2, -0.15) is 0 Å². The van der Waals surface area contributed by atoms with Crippen molar-refractivity contribution < 1.29 is 4.79 Å². The number of hydrazine groups is 1. The number of carbonyl (C=O) groups excluding carboxylic acids is 1. The summed E-state index contributed by atoms with van der Waals surface area (Å²) in [6.45, 7) is 3.71. The van der Waals surface area contributed by atoms with Gasteiger partial charge in [-0.05, 0) is 18.1 Å². The molecule has 18 heavy (non-hydrogen) atoms. The fraction of sp³-hybridized carbons (Fsp3) is 0.462. The van der Waals surface area contributed by atoms with E-state index in [9.17, 15) is 4.79 Å². The number of alkyl halides is 1. The van der Waals surface area contributed by atoms with Crippen LogP contribution in [0.1, 0.15) is 24.1 Å². The minimum atomic E-state index is -0.497. The molecule has 2 aliphatic heterocycles. The monoisotopic (exact) mass is 265 g/mol. The molecule has 1 saturated heterocycles. The van der Waals surface area contributed by atoms with E-state index in [1.165, 1.54) is 11.1 Å².